The topological polar surface area (TPSA) is 49.4 Å². The fourth-order valence-electron chi connectivity index (χ4n) is 3.51. The standard InChI is InChI=1S/C23H28N2O2S/c1-2-18(19-10-4-3-5-11-19)16-24-23(27)20-12-6-7-13-21(20)28-17-22(26)25-14-8-9-15-25/h3-7,10-13,18H,2,8-9,14-17H2,1H3,(H,24,27)/t18-/m1/s1. The first-order valence-corrected chi connectivity index (χ1v) is 11.0. The van der Waals surface area contributed by atoms with Crippen LogP contribution in [0, 0.1) is 0 Å². The smallest absolute Gasteiger partial charge is 0.252 e. The summed E-state index contributed by atoms with van der Waals surface area (Å²) in [6.45, 7) is 4.46. The van der Waals surface area contributed by atoms with E-state index in [0.29, 0.717) is 23.8 Å². The maximum Gasteiger partial charge on any atom is 0.252 e. The summed E-state index contributed by atoms with van der Waals surface area (Å²) in [7, 11) is 0. The number of hydrogen-bond acceptors (Lipinski definition) is 3. The first kappa shape index (κ1) is 20.5. The number of carbonyl (C=O) groups is 2. The van der Waals surface area contributed by atoms with Crippen LogP contribution in [-0.4, -0.2) is 42.1 Å². The molecule has 4 nitrogen and oxygen atoms in total. The van der Waals surface area contributed by atoms with E-state index in [-0.39, 0.29) is 11.8 Å². The molecule has 2 aromatic rings. The van der Waals surface area contributed by atoms with E-state index in [0.717, 1.165) is 37.2 Å². The van der Waals surface area contributed by atoms with E-state index >= 15 is 0 Å². The van der Waals surface area contributed by atoms with Crippen molar-refractivity contribution >= 4 is 23.6 Å². The van der Waals surface area contributed by atoms with Gasteiger partial charge in [-0.3, -0.25) is 9.59 Å². The number of nitrogens with zero attached hydrogens (tertiary/aromatic N) is 1. The Hall–Kier alpha value is -2.27. The van der Waals surface area contributed by atoms with Gasteiger partial charge in [-0.1, -0.05) is 49.4 Å². The maximum absolute atomic E-state index is 12.8. The predicted molar refractivity (Wildman–Crippen MR) is 115 cm³/mol. The highest BCUT2D eigenvalue weighted by molar-refractivity contribution is 8.00. The van der Waals surface area contributed by atoms with Crippen LogP contribution in [0.1, 0.15) is 48.0 Å². The van der Waals surface area contributed by atoms with Gasteiger partial charge >= 0.3 is 0 Å². The molecule has 1 fully saturated rings. The molecule has 0 aromatic heterocycles. The van der Waals surface area contributed by atoms with E-state index in [1.807, 2.05) is 47.4 Å². The molecular weight excluding hydrogens is 368 g/mol. The highest BCUT2D eigenvalue weighted by Gasteiger charge is 2.19. The Morgan fingerprint density at radius 3 is 2.43 bits per heavy atom. The van der Waals surface area contributed by atoms with Crippen LogP contribution in [0.25, 0.3) is 0 Å². The molecule has 1 aliphatic rings. The quantitative estimate of drug-likeness (QED) is 0.676. The Bertz CT molecular complexity index is 788. The van der Waals surface area contributed by atoms with E-state index < -0.39 is 0 Å². The van der Waals surface area contributed by atoms with Crippen LogP contribution >= 0.6 is 11.8 Å². The maximum atomic E-state index is 12.8. The molecule has 0 bridgehead atoms. The molecule has 0 saturated carbocycles. The molecule has 2 aromatic carbocycles. The average molecular weight is 397 g/mol. The Balaban J connectivity index is 1.59. The molecule has 1 heterocycles. The first-order chi connectivity index (χ1) is 13.7. The molecule has 5 heteroatoms. The molecular formula is C23H28N2O2S. The van der Waals surface area contributed by atoms with Crippen molar-refractivity contribution in [3.8, 4) is 0 Å². The van der Waals surface area contributed by atoms with Crippen LogP contribution in [0.3, 0.4) is 0 Å². The molecule has 2 amide bonds. The van der Waals surface area contributed by atoms with E-state index in [9.17, 15) is 9.59 Å². The molecule has 148 valence electrons. The van der Waals surface area contributed by atoms with Crippen molar-refractivity contribution in [3.05, 3.63) is 65.7 Å². The number of nitrogens with one attached hydrogen (secondary N) is 1. The average Bonchev–Trinajstić information content (AvgIpc) is 3.28. The lowest BCUT2D eigenvalue weighted by molar-refractivity contribution is -0.127. The summed E-state index contributed by atoms with van der Waals surface area (Å²) in [5, 5.41) is 3.08. The molecule has 1 aliphatic heterocycles. The Labute approximate surface area is 171 Å². The van der Waals surface area contributed by atoms with Gasteiger partial charge in [0, 0.05) is 30.4 Å². The molecule has 0 unspecified atom stereocenters. The minimum Gasteiger partial charge on any atom is -0.351 e. The van der Waals surface area contributed by atoms with Gasteiger partial charge in [-0.15, -0.1) is 11.8 Å². The molecule has 1 atom stereocenters. The summed E-state index contributed by atoms with van der Waals surface area (Å²) in [4.78, 5) is 27.9. The van der Waals surface area contributed by atoms with E-state index in [1.165, 1.54) is 17.3 Å². The summed E-state index contributed by atoms with van der Waals surface area (Å²) in [5.74, 6) is 0.756. The van der Waals surface area contributed by atoms with Gasteiger partial charge in [0.25, 0.3) is 5.91 Å². The van der Waals surface area contributed by atoms with Gasteiger partial charge < -0.3 is 10.2 Å². The van der Waals surface area contributed by atoms with Crippen LogP contribution in [0.2, 0.25) is 0 Å². The van der Waals surface area contributed by atoms with Crippen LogP contribution in [0.5, 0.6) is 0 Å². The SMILES string of the molecule is CC[C@H](CNC(=O)c1ccccc1SCC(=O)N1CCCC1)c1ccccc1. The number of likely N-dealkylation sites (tertiary alicyclic amines) is 1. The van der Waals surface area contributed by atoms with E-state index in [1.54, 1.807) is 0 Å². The summed E-state index contributed by atoms with van der Waals surface area (Å²) in [6, 6.07) is 17.8. The van der Waals surface area contributed by atoms with Crippen molar-refractivity contribution < 1.29 is 9.59 Å². The third kappa shape index (κ3) is 5.38. The van der Waals surface area contributed by atoms with Crippen molar-refractivity contribution in [2.75, 3.05) is 25.4 Å². The second-order valence-corrected chi connectivity index (χ2v) is 8.12. The lowest BCUT2D eigenvalue weighted by atomic mass is 9.96. The molecule has 0 aliphatic carbocycles. The summed E-state index contributed by atoms with van der Waals surface area (Å²) in [5.41, 5.74) is 1.88. The number of benzene rings is 2. The van der Waals surface area contributed by atoms with Gasteiger partial charge in [-0.25, -0.2) is 0 Å². The molecule has 0 spiro atoms. The zero-order valence-corrected chi connectivity index (χ0v) is 17.2. The Kier molecular flexibility index (Phi) is 7.54. The fourth-order valence-corrected chi connectivity index (χ4v) is 4.46. The number of rotatable bonds is 8. The largest absolute Gasteiger partial charge is 0.351 e. The zero-order chi connectivity index (χ0) is 19.8. The summed E-state index contributed by atoms with van der Waals surface area (Å²) < 4.78 is 0. The fraction of sp³-hybridized carbons (Fsp3) is 0.391. The lowest BCUT2D eigenvalue weighted by Crippen LogP contribution is -2.30. The molecule has 1 N–H and O–H groups in total. The summed E-state index contributed by atoms with van der Waals surface area (Å²) >= 11 is 1.45. The zero-order valence-electron chi connectivity index (χ0n) is 16.4. The highest BCUT2D eigenvalue weighted by atomic mass is 32.2. The highest BCUT2D eigenvalue weighted by Crippen LogP contribution is 2.24. The van der Waals surface area contributed by atoms with Crippen LogP contribution in [0.15, 0.2) is 59.5 Å². The van der Waals surface area contributed by atoms with Gasteiger partial charge in [0.2, 0.25) is 5.91 Å². The Morgan fingerprint density at radius 2 is 1.71 bits per heavy atom. The molecule has 0 radical (unpaired) electrons. The number of carbonyl (C=O) groups excluding carboxylic acids is 2. The molecule has 3 rings (SSSR count). The van der Waals surface area contributed by atoms with Gasteiger partial charge in [0.15, 0.2) is 0 Å². The van der Waals surface area contributed by atoms with Crippen LogP contribution in [0.4, 0.5) is 0 Å². The van der Waals surface area contributed by atoms with Gasteiger partial charge in [0.05, 0.1) is 11.3 Å². The van der Waals surface area contributed by atoms with Crippen molar-refractivity contribution in [1.29, 1.82) is 0 Å². The van der Waals surface area contributed by atoms with Crippen molar-refractivity contribution in [1.82, 2.24) is 10.2 Å². The lowest BCUT2D eigenvalue weighted by Gasteiger charge is -2.17. The Morgan fingerprint density at radius 1 is 1.04 bits per heavy atom. The third-order valence-electron chi connectivity index (χ3n) is 5.21. The molecule has 28 heavy (non-hydrogen) atoms. The summed E-state index contributed by atoms with van der Waals surface area (Å²) in [6.07, 6.45) is 3.15. The second kappa shape index (κ2) is 10.3. The normalized spacial score (nSPS) is 14.7. The number of amides is 2. The predicted octanol–water partition coefficient (Wildman–Crippen LogP) is 4.32. The van der Waals surface area contributed by atoms with Crippen molar-refractivity contribution in [3.63, 3.8) is 0 Å². The minimum atomic E-state index is -0.0777. The monoisotopic (exact) mass is 396 g/mol. The van der Waals surface area contributed by atoms with Crippen LogP contribution < -0.4 is 5.32 Å². The van der Waals surface area contributed by atoms with E-state index in [2.05, 4.69) is 24.4 Å². The van der Waals surface area contributed by atoms with Gasteiger partial charge in [0.1, 0.15) is 0 Å². The van der Waals surface area contributed by atoms with Gasteiger partial charge in [-0.2, -0.15) is 0 Å². The van der Waals surface area contributed by atoms with Crippen molar-refractivity contribution in [2.24, 2.45) is 0 Å². The second-order valence-electron chi connectivity index (χ2n) is 7.10. The minimum absolute atomic E-state index is 0.0777. The first-order valence-electron chi connectivity index (χ1n) is 10.0. The van der Waals surface area contributed by atoms with E-state index in [4.69, 9.17) is 0 Å². The van der Waals surface area contributed by atoms with Crippen LogP contribution in [-0.2, 0) is 4.79 Å². The third-order valence-corrected chi connectivity index (χ3v) is 6.27. The van der Waals surface area contributed by atoms with Gasteiger partial charge in [-0.05, 0) is 37.0 Å². The number of hydrogen-bond donors (Lipinski definition) is 1. The number of thioether (sulfide) groups is 1. The van der Waals surface area contributed by atoms with Crippen molar-refractivity contribution in [2.45, 2.75) is 37.0 Å². The molecule has 1 saturated heterocycles.